The van der Waals surface area contributed by atoms with E-state index in [2.05, 4.69) is 15.7 Å². The number of anilines is 1. The van der Waals surface area contributed by atoms with Crippen LogP contribution in [-0.2, 0) is 16.0 Å². The third-order valence-corrected chi connectivity index (χ3v) is 6.47. The van der Waals surface area contributed by atoms with Gasteiger partial charge >= 0.3 is 0 Å². The van der Waals surface area contributed by atoms with Gasteiger partial charge in [0.1, 0.15) is 0 Å². The molecule has 27 heavy (non-hydrogen) atoms. The van der Waals surface area contributed by atoms with Crippen LogP contribution in [0.4, 0.5) is 5.69 Å². The maximum Gasteiger partial charge on any atom is 0.227 e. The molecular formula is C20H25N3O2S2. The van der Waals surface area contributed by atoms with E-state index in [1.54, 1.807) is 23.1 Å². The first kappa shape index (κ1) is 19.9. The van der Waals surface area contributed by atoms with Crippen molar-refractivity contribution in [1.29, 1.82) is 0 Å². The SMILES string of the molecule is Cc1csc(CCCCNC(=O)CCC(=O)N2CCSc3ccccc32)n1. The number of nitrogens with one attached hydrogen (secondary N) is 1. The van der Waals surface area contributed by atoms with E-state index in [4.69, 9.17) is 0 Å². The second-order valence-corrected chi connectivity index (χ2v) is 8.63. The van der Waals surface area contributed by atoms with Gasteiger partial charge in [-0.05, 0) is 38.3 Å². The topological polar surface area (TPSA) is 62.3 Å². The fourth-order valence-corrected chi connectivity index (χ4v) is 4.83. The summed E-state index contributed by atoms with van der Waals surface area (Å²) in [7, 11) is 0. The summed E-state index contributed by atoms with van der Waals surface area (Å²) in [6, 6.07) is 7.95. The lowest BCUT2D eigenvalue weighted by Gasteiger charge is -2.29. The van der Waals surface area contributed by atoms with Gasteiger partial charge in [0, 0.05) is 47.7 Å². The number of para-hydroxylation sites is 1. The van der Waals surface area contributed by atoms with Crippen LogP contribution in [0, 0.1) is 6.92 Å². The molecule has 1 aromatic carbocycles. The van der Waals surface area contributed by atoms with Crippen molar-refractivity contribution in [1.82, 2.24) is 10.3 Å². The second-order valence-electron chi connectivity index (χ2n) is 6.55. The standard InChI is InChI=1S/C20H25N3O2S2/c1-15-14-27-19(22-15)8-4-5-11-21-18(24)9-10-20(25)23-12-13-26-17-7-3-2-6-16(17)23/h2-3,6-7,14H,4-5,8-13H2,1H3,(H,21,24). The zero-order valence-corrected chi connectivity index (χ0v) is 17.2. The number of benzene rings is 1. The Hall–Kier alpha value is -1.86. The van der Waals surface area contributed by atoms with Gasteiger partial charge in [0.2, 0.25) is 11.8 Å². The van der Waals surface area contributed by atoms with Gasteiger partial charge in [0.05, 0.1) is 10.7 Å². The van der Waals surface area contributed by atoms with Gasteiger partial charge < -0.3 is 10.2 Å². The number of fused-ring (bicyclic) bond motifs is 1. The molecule has 0 unspecified atom stereocenters. The van der Waals surface area contributed by atoms with E-state index in [1.807, 2.05) is 36.1 Å². The van der Waals surface area contributed by atoms with Gasteiger partial charge in [-0.3, -0.25) is 9.59 Å². The van der Waals surface area contributed by atoms with Crippen molar-refractivity contribution in [2.45, 2.75) is 43.9 Å². The second kappa shape index (κ2) is 9.90. The zero-order chi connectivity index (χ0) is 19.1. The number of nitrogens with zero attached hydrogens (tertiary/aromatic N) is 2. The highest BCUT2D eigenvalue weighted by Crippen LogP contribution is 2.34. The summed E-state index contributed by atoms with van der Waals surface area (Å²) < 4.78 is 0. The number of hydrogen-bond donors (Lipinski definition) is 1. The summed E-state index contributed by atoms with van der Waals surface area (Å²) >= 11 is 3.46. The van der Waals surface area contributed by atoms with Crippen molar-refractivity contribution in [3.63, 3.8) is 0 Å². The quantitative estimate of drug-likeness (QED) is 0.681. The number of aromatic nitrogens is 1. The fourth-order valence-electron chi connectivity index (χ4n) is 3.02. The molecule has 7 heteroatoms. The van der Waals surface area contributed by atoms with Gasteiger partial charge in [0.25, 0.3) is 0 Å². The minimum atomic E-state index is -0.0480. The molecule has 0 aliphatic carbocycles. The van der Waals surface area contributed by atoms with Crippen LogP contribution >= 0.6 is 23.1 Å². The lowest BCUT2D eigenvalue weighted by molar-refractivity contribution is -0.125. The molecule has 144 valence electrons. The number of aryl methyl sites for hydroxylation is 2. The number of thioether (sulfide) groups is 1. The van der Waals surface area contributed by atoms with Crippen LogP contribution in [0.1, 0.15) is 36.4 Å². The van der Waals surface area contributed by atoms with Crippen molar-refractivity contribution >= 4 is 40.6 Å². The van der Waals surface area contributed by atoms with E-state index in [1.165, 1.54) is 0 Å². The largest absolute Gasteiger partial charge is 0.356 e. The Balaban J connectivity index is 1.34. The van der Waals surface area contributed by atoms with Gasteiger partial charge in [-0.1, -0.05) is 12.1 Å². The lowest BCUT2D eigenvalue weighted by atomic mass is 10.2. The van der Waals surface area contributed by atoms with Gasteiger partial charge in [-0.15, -0.1) is 23.1 Å². The molecule has 0 saturated carbocycles. The molecule has 1 aliphatic heterocycles. The molecule has 0 fully saturated rings. The van der Waals surface area contributed by atoms with E-state index in [0.29, 0.717) is 13.1 Å². The number of thiazole rings is 1. The minimum absolute atomic E-state index is 0.0250. The maximum absolute atomic E-state index is 12.5. The third-order valence-electron chi connectivity index (χ3n) is 4.40. The van der Waals surface area contributed by atoms with E-state index >= 15 is 0 Å². The Labute approximate surface area is 168 Å². The molecule has 2 aromatic rings. The average molecular weight is 404 g/mol. The first-order chi connectivity index (χ1) is 13.1. The van der Waals surface area contributed by atoms with Crippen LogP contribution in [0.5, 0.6) is 0 Å². The molecule has 0 saturated heterocycles. The number of amides is 2. The van der Waals surface area contributed by atoms with Gasteiger partial charge in [0.15, 0.2) is 0 Å². The molecule has 0 radical (unpaired) electrons. The summed E-state index contributed by atoms with van der Waals surface area (Å²) in [5, 5.41) is 6.14. The van der Waals surface area contributed by atoms with Crippen LogP contribution in [0.2, 0.25) is 0 Å². The summed E-state index contributed by atoms with van der Waals surface area (Å²) in [4.78, 5) is 31.9. The Morgan fingerprint density at radius 2 is 2.07 bits per heavy atom. The van der Waals surface area contributed by atoms with E-state index in [0.717, 1.165) is 46.3 Å². The predicted molar refractivity (Wildman–Crippen MR) is 112 cm³/mol. The Kier molecular flexibility index (Phi) is 7.29. The molecule has 1 aliphatic rings. The summed E-state index contributed by atoms with van der Waals surface area (Å²) in [5.41, 5.74) is 2.04. The van der Waals surface area contributed by atoms with E-state index in [9.17, 15) is 9.59 Å². The lowest BCUT2D eigenvalue weighted by Crippen LogP contribution is -2.36. The molecule has 2 amide bonds. The number of hydrogen-bond acceptors (Lipinski definition) is 5. The highest BCUT2D eigenvalue weighted by atomic mass is 32.2. The van der Waals surface area contributed by atoms with Crippen LogP contribution in [-0.4, -0.2) is 35.6 Å². The smallest absolute Gasteiger partial charge is 0.227 e. The minimum Gasteiger partial charge on any atom is -0.356 e. The summed E-state index contributed by atoms with van der Waals surface area (Å²) in [5.74, 6) is 0.873. The molecule has 1 aromatic heterocycles. The number of unbranched alkanes of at least 4 members (excludes halogenated alkanes) is 1. The molecule has 0 atom stereocenters. The molecule has 0 bridgehead atoms. The fraction of sp³-hybridized carbons (Fsp3) is 0.450. The molecule has 5 nitrogen and oxygen atoms in total. The third kappa shape index (κ3) is 5.81. The van der Waals surface area contributed by atoms with E-state index < -0.39 is 0 Å². The Morgan fingerprint density at radius 3 is 2.89 bits per heavy atom. The number of rotatable bonds is 8. The normalized spacial score (nSPS) is 13.3. The summed E-state index contributed by atoms with van der Waals surface area (Å²) in [6.45, 7) is 3.36. The first-order valence-corrected chi connectivity index (χ1v) is 11.2. The first-order valence-electron chi connectivity index (χ1n) is 9.33. The zero-order valence-electron chi connectivity index (χ0n) is 15.6. The molecule has 0 spiro atoms. The highest BCUT2D eigenvalue weighted by molar-refractivity contribution is 7.99. The Morgan fingerprint density at radius 1 is 1.22 bits per heavy atom. The van der Waals surface area contributed by atoms with Crippen molar-refractivity contribution < 1.29 is 9.59 Å². The molecule has 2 heterocycles. The number of carbonyl (C=O) groups is 2. The van der Waals surface area contributed by atoms with Crippen molar-refractivity contribution in [3.05, 3.63) is 40.3 Å². The molecule has 1 N–H and O–H groups in total. The van der Waals surface area contributed by atoms with Crippen LogP contribution in [0.15, 0.2) is 34.5 Å². The average Bonchev–Trinajstić information content (AvgIpc) is 3.10. The highest BCUT2D eigenvalue weighted by Gasteiger charge is 2.22. The molecule has 3 rings (SSSR count). The van der Waals surface area contributed by atoms with Gasteiger partial charge in [-0.2, -0.15) is 0 Å². The van der Waals surface area contributed by atoms with Crippen LogP contribution < -0.4 is 10.2 Å². The van der Waals surface area contributed by atoms with Crippen LogP contribution in [0.25, 0.3) is 0 Å². The predicted octanol–water partition coefficient (Wildman–Crippen LogP) is 3.81. The van der Waals surface area contributed by atoms with Gasteiger partial charge in [-0.25, -0.2) is 4.98 Å². The van der Waals surface area contributed by atoms with Crippen molar-refractivity contribution in [2.24, 2.45) is 0 Å². The number of carbonyl (C=O) groups excluding carboxylic acids is 2. The van der Waals surface area contributed by atoms with Crippen molar-refractivity contribution in [3.8, 4) is 0 Å². The Bertz CT molecular complexity index is 791. The monoisotopic (exact) mass is 403 g/mol. The van der Waals surface area contributed by atoms with E-state index in [-0.39, 0.29) is 24.7 Å². The molecular weight excluding hydrogens is 378 g/mol. The van der Waals surface area contributed by atoms with Crippen LogP contribution in [0.3, 0.4) is 0 Å². The summed E-state index contributed by atoms with van der Waals surface area (Å²) in [6.07, 6.45) is 3.39. The van der Waals surface area contributed by atoms with Crippen molar-refractivity contribution in [2.75, 3.05) is 23.7 Å². The maximum atomic E-state index is 12.5.